The van der Waals surface area contributed by atoms with Gasteiger partial charge in [0.15, 0.2) is 5.82 Å². The second-order valence-corrected chi connectivity index (χ2v) is 5.51. The Morgan fingerprint density at radius 1 is 1.56 bits per heavy atom. The second kappa shape index (κ2) is 6.78. The Morgan fingerprint density at radius 3 is 3.06 bits per heavy atom. The van der Waals surface area contributed by atoms with Crippen molar-refractivity contribution in [3.05, 3.63) is 11.7 Å². The van der Waals surface area contributed by atoms with E-state index in [4.69, 9.17) is 4.52 Å². The highest BCUT2D eigenvalue weighted by molar-refractivity contribution is 7.98. The van der Waals surface area contributed by atoms with E-state index in [-0.39, 0.29) is 5.91 Å². The summed E-state index contributed by atoms with van der Waals surface area (Å²) in [7, 11) is 0. The van der Waals surface area contributed by atoms with Crippen molar-refractivity contribution in [2.24, 2.45) is 0 Å². The molecule has 0 radical (unpaired) electrons. The molecule has 0 bridgehead atoms. The van der Waals surface area contributed by atoms with Crippen LogP contribution in [0.2, 0.25) is 0 Å². The largest absolute Gasteiger partial charge is 0.356 e. The maximum Gasteiger partial charge on any atom is 0.229 e. The van der Waals surface area contributed by atoms with Gasteiger partial charge in [0.1, 0.15) is 0 Å². The Balaban J connectivity index is 1.66. The third kappa shape index (κ3) is 3.73. The van der Waals surface area contributed by atoms with E-state index in [0.717, 1.165) is 24.5 Å². The smallest absolute Gasteiger partial charge is 0.229 e. The van der Waals surface area contributed by atoms with Gasteiger partial charge in [-0.05, 0) is 19.1 Å². The molecule has 1 heterocycles. The SMILES string of the molecule is CSCCC(=O)NCCc1noc(C2CCC2)n1. The molecule has 1 fully saturated rings. The van der Waals surface area contributed by atoms with Crippen molar-refractivity contribution in [3.63, 3.8) is 0 Å². The summed E-state index contributed by atoms with van der Waals surface area (Å²) in [4.78, 5) is 15.7. The number of thioether (sulfide) groups is 1. The lowest BCUT2D eigenvalue weighted by Gasteiger charge is -2.20. The lowest BCUT2D eigenvalue weighted by Crippen LogP contribution is -2.26. The fourth-order valence-electron chi connectivity index (χ4n) is 1.79. The van der Waals surface area contributed by atoms with Gasteiger partial charge in [-0.1, -0.05) is 11.6 Å². The number of hydrogen-bond acceptors (Lipinski definition) is 5. The standard InChI is InChI=1S/C12H19N3O2S/c1-18-8-6-11(16)13-7-5-10-14-12(17-15-10)9-3-2-4-9/h9H,2-8H2,1H3,(H,13,16). The minimum atomic E-state index is 0.0899. The van der Waals surface area contributed by atoms with Crippen LogP contribution < -0.4 is 5.32 Å². The molecule has 100 valence electrons. The normalized spacial score (nSPS) is 15.4. The first kappa shape index (κ1) is 13.4. The van der Waals surface area contributed by atoms with Crippen LogP contribution in [0.25, 0.3) is 0 Å². The number of hydrogen-bond donors (Lipinski definition) is 1. The van der Waals surface area contributed by atoms with Crippen molar-refractivity contribution in [2.45, 2.75) is 38.0 Å². The first-order valence-corrected chi connectivity index (χ1v) is 7.77. The second-order valence-electron chi connectivity index (χ2n) is 4.52. The zero-order valence-electron chi connectivity index (χ0n) is 10.6. The fourth-order valence-corrected chi connectivity index (χ4v) is 2.18. The van der Waals surface area contributed by atoms with Gasteiger partial charge in [-0.25, -0.2) is 0 Å². The maximum atomic E-state index is 11.4. The summed E-state index contributed by atoms with van der Waals surface area (Å²) in [5.74, 6) is 2.89. The Morgan fingerprint density at radius 2 is 2.39 bits per heavy atom. The van der Waals surface area contributed by atoms with Gasteiger partial charge in [0, 0.05) is 31.1 Å². The molecular formula is C12H19N3O2S. The molecule has 5 nitrogen and oxygen atoms in total. The fraction of sp³-hybridized carbons (Fsp3) is 0.750. The van der Waals surface area contributed by atoms with Crippen LogP contribution in [0.1, 0.15) is 43.3 Å². The number of carbonyl (C=O) groups excluding carboxylic acids is 1. The molecule has 0 spiro atoms. The molecule has 1 aromatic rings. The highest BCUT2D eigenvalue weighted by atomic mass is 32.2. The molecule has 1 aromatic heterocycles. The van der Waals surface area contributed by atoms with E-state index in [9.17, 15) is 4.79 Å². The van der Waals surface area contributed by atoms with Gasteiger partial charge in [0.25, 0.3) is 0 Å². The molecule has 0 aliphatic heterocycles. The Bertz CT molecular complexity index is 390. The van der Waals surface area contributed by atoms with Crippen LogP contribution in [0.4, 0.5) is 0 Å². The number of amides is 1. The highest BCUT2D eigenvalue weighted by Gasteiger charge is 2.25. The van der Waals surface area contributed by atoms with Gasteiger partial charge in [-0.3, -0.25) is 4.79 Å². The summed E-state index contributed by atoms with van der Waals surface area (Å²) in [6.45, 7) is 0.580. The monoisotopic (exact) mass is 269 g/mol. The Kier molecular flexibility index (Phi) is 5.04. The average molecular weight is 269 g/mol. The summed E-state index contributed by atoms with van der Waals surface area (Å²) < 4.78 is 5.21. The van der Waals surface area contributed by atoms with Gasteiger partial charge >= 0.3 is 0 Å². The minimum Gasteiger partial charge on any atom is -0.356 e. The van der Waals surface area contributed by atoms with Gasteiger partial charge < -0.3 is 9.84 Å². The molecule has 1 amide bonds. The first-order chi connectivity index (χ1) is 8.79. The van der Waals surface area contributed by atoms with Gasteiger partial charge in [-0.2, -0.15) is 16.7 Å². The summed E-state index contributed by atoms with van der Waals surface area (Å²) in [5.41, 5.74) is 0. The van der Waals surface area contributed by atoms with Crippen molar-refractivity contribution in [3.8, 4) is 0 Å². The number of carbonyl (C=O) groups is 1. The third-order valence-corrected chi connectivity index (χ3v) is 3.75. The minimum absolute atomic E-state index is 0.0899. The molecule has 0 saturated heterocycles. The summed E-state index contributed by atoms with van der Waals surface area (Å²) in [6.07, 6.45) is 6.78. The number of aromatic nitrogens is 2. The maximum absolute atomic E-state index is 11.4. The van der Waals surface area contributed by atoms with Crippen LogP contribution in [0.15, 0.2) is 4.52 Å². The molecule has 0 unspecified atom stereocenters. The van der Waals surface area contributed by atoms with E-state index in [1.165, 1.54) is 6.42 Å². The van der Waals surface area contributed by atoms with Crippen molar-refractivity contribution in [1.82, 2.24) is 15.5 Å². The van der Waals surface area contributed by atoms with Crippen molar-refractivity contribution in [1.29, 1.82) is 0 Å². The first-order valence-electron chi connectivity index (χ1n) is 6.37. The molecule has 1 saturated carbocycles. The molecule has 1 N–H and O–H groups in total. The van der Waals surface area contributed by atoms with E-state index in [1.807, 2.05) is 6.26 Å². The van der Waals surface area contributed by atoms with E-state index in [1.54, 1.807) is 11.8 Å². The quantitative estimate of drug-likeness (QED) is 0.816. The van der Waals surface area contributed by atoms with E-state index >= 15 is 0 Å². The molecule has 0 atom stereocenters. The summed E-state index contributed by atoms with van der Waals surface area (Å²) in [5, 5.41) is 6.80. The van der Waals surface area contributed by atoms with Crippen molar-refractivity contribution in [2.75, 3.05) is 18.6 Å². The molecule has 6 heteroatoms. The predicted octanol–water partition coefficient (Wildman–Crippen LogP) is 1.75. The highest BCUT2D eigenvalue weighted by Crippen LogP contribution is 2.35. The summed E-state index contributed by atoms with van der Waals surface area (Å²) in [6, 6.07) is 0. The molecule has 0 aromatic carbocycles. The van der Waals surface area contributed by atoms with Gasteiger partial charge in [0.05, 0.1) is 0 Å². The number of rotatable bonds is 7. The third-order valence-electron chi connectivity index (χ3n) is 3.14. The van der Waals surface area contributed by atoms with E-state index in [0.29, 0.717) is 31.1 Å². The zero-order chi connectivity index (χ0) is 12.8. The van der Waals surface area contributed by atoms with Crippen LogP contribution in [0, 0.1) is 0 Å². The molecule has 1 aliphatic carbocycles. The van der Waals surface area contributed by atoms with Crippen LogP contribution in [0.3, 0.4) is 0 Å². The zero-order valence-corrected chi connectivity index (χ0v) is 11.5. The Labute approximate surface area is 111 Å². The molecule has 1 aliphatic rings. The van der Waals surface area contributed by atoms with Crippen LogP contribution >= 0.6 is 11.8 Å². The lowest BCUT2D eigenvalue weighted by molar-refractivity contribution is -0.120. The number of nitrogens with zero attached hydrogens (tertiary/aromatic N) is 2. The topological polar surface area (TPSA) is 68.0 Å². The van der Waals surface area contributed by atoms with Crippen LogP contribution in [-0.4, -0.2) is 34.6 Å². The van der Waals surface area contributed by atoms with Crippen LogP contribution in [-0.2, 0) is 11.2 Å². The molecular weight excluding hydrogens is 250 g/mol. The van der Waals surface area contributed by atoms with Gasteiger partial charge in [0.2, 0.25) is 11.8 Å². The Hall–Kier alpha value is -1.04. The van der Waals surface area contributed by atoms with E-state index in [2.05, 4.69) is 15.5 Å². The summed E-state index contributed by atoms with van der Waals surface area (Å²) >= 11 is 1.67. The van der Waals surface area contributed by atoms with E-state index < -0.39 is 0 Å². The van der Waals surface area contributed by atoms with Gasteiger partial charge in [-0.15, -0.1) is 0 Å². The number of nitrogens with one attached hydrogen (secondary N) is 1. The molecule has 2 rings (SSSR count). The average Bonchev–Trinajstić information content (AvgIpc) is 2.72. The predicted molar refractivity (Wildman–Crippen MR) is 70.6 cm³/mol. The van der Waals surface area contributed by atoms with Crippen molar-refractivity contribution < 1.29 is 9.32 Å². The van der Waals surface area contributed by atoms with Crippen LogP contribution in [0.5, 0.6) is 0 Å². The lowest BCUT2D eigenvalue weighted by atomic mass is 9.85. The molecule has 18 heavy (non-hydrogen) atoms. The van der Waals surface area contributed by atoms with Crippen molar-refractivity contribution >= 4 is 17.7 Å².